The minimum atomic E-state index is -0.00387. The molecule has 1 atom stereocenters. The lowest BCUT2D eigenvalue weighted by molar-refractivity contribution is -0.136. The van der Waals surface area contributed by atoms with Gasteiger partial charge in [0.2, 0.25) is 5.91 Å². The van der Waals surface area contributed by atoms with Crippen LogP contribution in [0.4, 0.5) is 0 Å². The second-order valence-electron chi connectivity index (χ2n) is 7.65. The molecule has 1 amide bonds. The Hall–Kier alpha value is -1.65. The van der Waals surface area contributed by atoms with Crippen LogP contribution in [0.5, 0.6) is 0 Å². The summed E-state index contributed by atoms with van der Waals surface area (Å²) in [5, 5.41) is 4.63. The van der Waals surface area contributed by atoms with Crippen LogP contribution in [0.1, 0.15) is 62.6 Å². The van der Waals surface area contributed by atoms with Gasteiger partial charge in [-0.3, -0.25) is 9.59 Å². The van der Waals surface area contributed by atoms with Crippen LogP contribution in [0.3, 0.4) is 0 Å². The van der Waals surface area contributed by atoms with Gasteiger partial charge < -0.3 is 4.90 Å². The normalized spacial score (nSPS) is 24.3. The van der Waals surface area contributed by atoms with E-state index in [2.05, 4.69) is 5.10 Å². The number of carbonyl (C=O) groups excluding carboxylic acids is 1. The molecule has 0 N–H and O–H groups in total. The number of rotatable bonds is 3. The molecule has 4 rings (SSSR count). The van der Waals surface area contributed by atoms with E-state index in [0.29, 0.717) is 12.5 Å². The monoisotopic (exact) mass is 329 g/mol. The highest BCUT2D eigenvalue weighted by molar-refractivity contribution is 5.79. The van der Waals surface area contributed by atoms with Gasteiger partial charge in [-0.2, -0.15) is 5.10 Å². The van der Waals surface area contributed by atoms with E-state index in [-0.39, 0.29) is 17.5 Å². The third kappa shape index (κ3) is 3.01. The zero-order valence-electron chi connectivity index (χ0n) is 14.4. The van der Waals surface area contributed by atoms with Crippen LogP contribution in [-0.4, -0.2) is 33.2 Å². The van der Waals surface area contributed by atoms with Crippen LogP contribution in [0.2, 0.25) is 0 Å². The maximum atomic E-state index is 12.8. The fourth-order valence-electron chi connectivity index (χ4n) is 4.65. The van der Waals surface area contributed by atoms with E-state index in [1.807, 2.05) is 4.90 Å². The topological polar surface area (TPSA) is 55.2 Å². The van der Waals surface area contributed by atoms with Crippen LogP contribution in [-0.2, 0) is 24.2 Å². The molecule has 1 aliphatic heterocycles. The van der Waals surface area contributed by atoms with Gasteiger partial charge in [-0.15, -0.1) is 0 Å². The maximum Gasteiger partial charge on any atom is 0.267 e. The summed E-state index contributed by atoms with van der Waals surface area (Å²) in [7, 11) is 0. The lowest BCUT2D eigenvalue weighted by Gasteiger charge is -2.28. The highest BCUT2D eigenvalue weighted by Crippen LogP contribution is 2.30. The SMILES string of the molecule is O=C(C1CCCC1)N1CCCC1Cn1nc2c(cc1=O)CCCC2. The molecule has 0 spiro atoms. The third-order valence-electron chi connectivity index (χ3n) is 6.02. The molecule has 1 saturated heterocycles. The lowest BCUT2D eigenvalue weighted by Crippen LogP contribution is -2.43. The molecule has 3 aliphatic rings. The Balaban J connectivity index is 1.51. The molecule has 0 radical (unpaired) electrons. The highest BCUT2D eigenvalue weighted by atomic mass is 16.2. The van der Waals surface area contributed by atoms with Crippen LogP contribution in [0.25, 0.3) is 0 Å². The van der Waals surface area contributed by atoms with Gasteiger partial charge in [-0.1, -0.05) is 12.8 Å². The average molecular weight is 329 g/mol. The second kappa shape index (κ2) is 6.69. The Kier molecular flexibility index (Phi) is 4.42. The maximum absolute atomic E-state index is 12.8. The van der Waals surface area contributed by atoms with Crippen molar-refractivity contribution >= 4 is 5.91 Å². The highest BCUT2D eigenvalue weighted by Gasteiger charge is 2.34. The van der Waals surface area contributed by atoms with Crippen molar-refractivity contribution in [3.8, 4) is 0 Å². The van der Waals surface area contributed by atoms with E-state index >= 15 is 0 Å². The summed E-state index contributed by atoms with van der Waals surface area (Å²) in [6.45, 7) is 1.41. The number of fused-ring (bicyclic) bond motifs is 1. The van der Waals surface area contributed by atoms with Crippen LogP contribution in [0, 0.1) is 5.92 Å². The summed E-state index contributed by atoms with van der Waals surface area (Å²) in [6, 6.07) is 1.92. The van der Waals surface area contributed by atoms with E-state index < -0.39 is 0 Å². The summed E-state index contributed by atoms with van der Waals surface area (Å²) in [6.07, 6.45) is 10.8. The standard InChI is InChI=1S/C19H27N3O2/c23-18-12-15-8-3-4-10-17(15)20-22(18)13-16-9-5-11-21(16)19(24)14-6-1-2-7-14/h12,14,16H,1-11,13H2. The van der Waals surface area contributed by atoms with Gasteiger partial charge in [-0.05, 0) is 56.9 Å². The number of aromatic nitrogens is 2. The first-order chi connectivity index (χ1) is 11.7. The lowest BCUT2D eigenvalue weighted by atomic mass is 9.97. The van der Waals surface area contributed by atoms with Gasteiger partial charge >= 0.3 is 0 Å². The molecule has 1 aromatic heterocycles. The van der Waals surface area contributed by atoms with Crippen molar-refractivity contribution in [2.75, 3.05) is 6.54 Å². The minimum absolute atomic E-state index is 0.00387. The minimum Gasteiger partial charge on any atom is -0.338 e. The van der Waals surface area contributed by atoms with Gasteiger partial charge in [0.1, 0.15) is 0 Å². The van der Waals surface area contributed by atoms with Gasteiger partial charge in [0.25, 0.3) is 5.56 Å². The Morgan fingerprint density at radius 3 is 2.71 bits per heavy atom. The molecule has 2 aliphatic carbocycles. The Morgan fingerprint density at radius 1 is 1.08 bits per heavy atom. The predicted octanol–water partition coefficient (Wildman–Crippen LogP) is 2.30. The van der Waals surface area contributed by atoms with E-state index in [1.165, 1.54) is 12.8 Å². The van der Waals surface area contributed by atoms with Crippen LogP contribution in [0.15, 0.2) is 10.9 Å². The van der Waals surface area contributed by atoms with Crippen molar-refractivity contribution in [2.24, 2.45) is 5.92 Å². The quantitative estimate of drug-likeness (QED) is 0.855. The molecule has 1 unspecified atom stereocenters. The molecule has 2 fully saturated rings. The molecular weight excluding hydrogens is 302 g/mol. The Bertz CT molecular complexity index is 676. The summed E-state index contributed by atoms with van der Waals surface area (Å²) >= 11 is 0. The Labute approximate surface area is 143 Å². The number of hydrogen-bond acceptors (Lipinski definition) is 3. The zero-order chi connectivity index (χ0) is 16.5. The number of hydrogen-bond donors (Lipinski definition) is 0. The van der Waals surface area contributed by atoms with Gasteiger partial charge in [0.05, 0.1) is 18.3 Å². The summed E-state index contributed by atoms with van der Waals surface area (Å²) in [5.41, 5.74) is 2.22. The number of carbonyl (C=O) groups is 1. The fraction of sp³-hybridized carbons (Fsp3) is 0.737. The molecule has 0 aromatic carbocycles. The largest absolute Gasteiger partial charge is 0.338 e. The second-order valence-corrected chi connectivity index (χ2v) is 7.65. The first-order valence-electron chi connectivity index (χ1n) is 9.63. The number of nitrogens with zero attached hydrogens (tertiary/aromatic N) is 3. The molecule has 5 heteroatoms. The van der Waals surface area contributed by atoms with Crippen molar-refractivity contribution in [3.05, 3.63) is 27.7 Å². The average Bonchev–Trinajstić information content (AvgIpc) is 3.26. The smallest absolute Gasteiger partial charge is 0.267 e. The van der Waals surface area contributed by atoms with Crippen molar-refractivity contribution in [1.29, 1.82) is 0 Å². The molecule has 1 saturated carbocycles. The molecule has 130 valence electrons. The van der Waals surface area contributed by atoms with E-state index in [1.54, 1.807) is 10.7 Å². The molecular formula is C19H27N3O2. The van der Waals surface area contributed by atoms with Crippen molar-refractivity contribution in [1.82, 2.24) is 14.7 Å². The Morgan fingerprint density at radius 2 is 1.88 bits per heavy atom. The van der Waals surface area contributed by atoms with Crippen LogP contribution < -0.4 is 5.56 Å². The summed E-state index contributed by atoms with van der Waals surface area (Å²) in [5.74, 6) is 0.542. The molecule has 1 aromatic rings. The van der Waals surface area contributed by atoms with E-state index in [9.17, 15) is 9.59 Å². The first kappa shape index (κ1) is 15.9. The van der Waals surface area contributed by atoms with Crippen molar-refractivity contribution in [3.63, 3.8) is 0 Å². The van der Waals surface area contributed by atoms with E-state index in [0.717, 1.165) is 69.2 Å². The van der Waals surface area contributed by atoms with Crippen molar-refractivity contribution < 1.29 is 4.79 Å². The predicted molar refractivity (Wildman–Crippen MR) is 91.8 cm³/mol. The summed E-state index contributed by atoms with van der Waals surface area (Å²) in [4.78, 5) is 27.2. The van der Waals surface area contributed by atoms with Gasteiger partial charge in [0, 0.05) is 18.5 Å². The fourth-order valence-corrected chi connectivity index (χ4v) is 4.65. The molecule has 0 bridgehead atoms. The zero-order valence-corrected chi connectivity index (χ0v) is 14.4. The van der Waals surface area contributed by atoms with E-state index in [4.69, 9.17) is 0 Å². The summed E-state index contributed by atoms with van der Waals surface area (Å²) < 4.78 is 1.62. The van der Waals surface area contributed by atoms with Crippen molar-refractivity contribution in [2.45, 2.75) is 76.8 Å². The number of aryl methyl sites for hydroxylation is 2. The molecule has 24 heavy (non-hydrogen) atoms. The van der Waals surface area contributed by atoms with Gasteiger partial charge in [-0.25, -0.2) is 4.68 Å². The third-order valence-corrected chi connectivity index (χ3v) is 6.02. The molecule has 2 heterocycles. The molecule has 5 nitrogen and oxygen atoms in total. The number of amides is 1. The van der Waals surface area contributed by atoms with Gasteiger partial charge in [0.15, 0.2) is 0 Å². The number of likely N-dealkylation sites (tertiary alicyclic amines) is 1. The van der Waals surface area contributed by atoms with Crippen LogP contribution >= 0.6 is 0 Å². The first-order valence-corrected chi connectivity index (χ1v) is 9.63.